The number of carbonyl (C=O) groups is 2. The van der Waals surface area contributed by atoms with Gasteiger partial charge in [0.2, 0.25) is 11.8 Å². The summed E-state index contributed by atoms with van der Waals surface area (Å²) in [6.07, 6.45) is 11.0. The minimum atomic E-state index is -0.551. The Bertz CT molecular complexity index is 448. The summed E-state index contributed by atoms with van der Waals surface area (Å²) in [6, 6.07) is -0.161. The molecule has 0 bridgehead atoms. The Balaban J connectivity index is 1.60. The molecule has 2 amide bonds. The lowest BCUT2D eigenvalue weighted by atomic mass is 9.77. The maximum atomic E-state index is 13.2. The van der Waals surface area contributed by atoms with Gasteiger partial charge in [0.05, 0.1) is 0 Å². The summed E-state index contributed by atoms with van der Waals surface area (Å²) in [5.74, 6) is 1.45. The number of carbonyl (C=O) groups excluding carboxylic acids is 2. The van der Waals surface area contributed by atoms with Gasteiger partial charge >= 0.3 is 0 Å². The smallest absolute Gasteiger partial charge is 0.249 e. The van der Waals surface area contributed by atoms with Gasteiger partial charge in [0.1, 0.15) is 11.6 Å². The van der Waals surface area contributed by atoms with E-state index in [4.69, 9.17) is 0 Å². The Labute approximate surface area is 126 Å². The van der Waals surface area contributed by atoms with E-state index in [1.54, 1.807) is 0 Å². The normalized spacial score (nSPS) is 33.0. The van der Waals surface area contributed by atoms with Crippen LogP contribution >= 0.6 is 0 Å². The van der Waals surface area contributed by atoms with E-state index < -0.39 is 5.54 Å². The van der Waals surface area contributed by atoms with E-state index in [1.807, 2.05) is 4.90 Å². The first-order valence-corrected chi connectivity index (χ1v) is 8.83. The predicted octanol–water partition coefficient (Wildman–Crippen LogP) is 2.23. The fourth-order valence-electron chi connectivity index (χ4n) is 4.43. The average molecular weight is 290 g/mol. The van der Waals surface area contributed by atoms with Crippen molar-refractivity contribution >= 4 is 11.8 Å². The molecule has 1 N–H and O–H groups in total. The Morgan fingerprint density at radius 1 is 1.00 bits per heavy atom. The van der Waals surface area contributed by atoms with E-state index in [0.717, 1.165) is 45.1 Å². The molecule has 3 aliphatic carbocycles. The quantitative estimate of drug-likeness (QED) is 0.866. The molecular formula is C17H26N2O2. The molecule has 1 spiro atoms. The number of hydrogen-bond acceptors (Lipinski definition) is 2. The average Bonchev–Trinajstić information content (AvgIpc) is 3.24. The molecule has 1 atom stereocenters. The van der Waals surface area contributed by atoms with Gasteiger partial charge in [-0.15, -0.1) is 0 Å². The maximum absolute atomic E-state index is 13.2. The van der Waals surface area contributed by atoms with Gasteiger partial charge in [-0.2, -0.15) is 0 Å². The number of hydrogen-bond donors (Lipinski definition) is 1. The zero-order valence-corrected chi connectivity index (χ0v) is 12.8. The predicted molar refractivity (Wildman–Crippen MR) is 79.5 cm³/mol. The molecule has 1 aliphatic heterocycles. The first-order valence-electron chi connectivity index (χ1n) is 8.83. The lowest BCUT2D eigenvalue weighted by Crippen LogP contribution is -2.71. The highest BCUT2D eigenvalue weighted by molar-refractivity contribution is 6.00. The molecule has 21 heavy (non-hydrogen) atoms. The molecule has 4 rings (SSSR count). The van der Waals surface area contributed by atoms with E-state index in [9.17, 15) is 9.59 Å². The van der Waals surface area contributed by atoms with Gasteiger partial charge in [0.25, 0.3) is 0 Å². The molecule has 1 unspecified atom stereocenters. The largest absolute Gasteiger partial charge is 0.340 e. The van der Waals surface area contributed by atoms with E-state index in [2.05, 4.69) is 5.32 Å². The van der Waals surface area contributed by atoms with Crippen molar-refractivity contribution in [1.82, 2.24) is 10.2 Å². The molecule has 4 nitrogen and oxygen atoms in total. The molecule has 0 radical (unpaired) electrons. The van der Waals surface area contributed by atoms with Gasteiger partial charge in [0.15, 0.2) is 0 Å². The highest BCUT2D eigenvalue weighted by Gasteiger charge is 2.54. The van der Waals surface area contributed by atoms with Gasteiger partial charge in [-0.25, -0.2) is 0 Å². The van der Waals surface area contributed by atoms with Gasteiger partial charge in [-0.1, -0.05) is 25.7 Å². The van der Waals surface area contributed by atoms with Crippen molar-refractivity contribution in [3.05, 3.63) is 0 Å². The zero-order valence-electron chi connectivity index (χ0n) is 12.8. The molecule has 0 aromatic rings. The summed E-state index contributed by atoms with van der Waals surface area (Å²) in [5.41, 5.74) is -0.551. The maximum Gasteiger partial charge on any atom is 0.249 e. The third-order valence-corrected chi connectivity index (χ3v) is 6.09. The molecule has 1 saturated heterocycles. The van der Waals surface area contributed by atoms with Crippen LogP contribution in [0, 0.1) is 11.8 Å². The first kappa shape index (κ1) is 13.6. The number of piperazine rings is 1. The van der Waals surface area contributed by atoms with Crippen LogP contribution in [0.25, 0.3) is 0 Å². The molecule has 0 aromatic carbocycles. The van der Waals surface area contributed by atoms with Crippen molar-refractivity contribution in [3.63, 3.8) is 0 Å². The molecule has 116 valence electrons. The Hall–Kier alpha value is -1.06. The fourth-order valence-corrected chi connectivity index (χ4v) is 4.43. The van der Waals surface area contributed by atoms with Gasteiger partial charge in [-0.05, 0) is 50.4 Å². The lowest BCUT2D eigenvalue weighted by molar-refractivity contribution is -0.159. The molecule has 1 heterocycles. The van der Waals surface area contributed by atoms with Crippen molar-refractivity contribution in [3.8, 4) is 0 Å². The number of nitrogens with one attached hydrogen (secondary N) is 1. The van der Waals surface area contributed by atoms with Crippen LogP contribution in [0.3, 0.4) is 0 Å². The van der Waals surface area contributed by atoms with Crippen LogP contribution in [0.4, 0.5) is 0 Å². The van der Waals surface area contributed by atoms with Crippen LogP contribution in [0.5, 0.6) is 0 Å². The number of rotatable bonds is 3. The molecule has 3 saturated carbocycles. The standard InChI is InChI=1S/C17H26N2O2/c20-15-14(13-7-8-13)19(11-12-5-4-6-12)16(21)17(18-15)9-2-1-3-10-17/h12-14H,1-11H2,(H,18,20). The van der Waals surface area contributed by atoms with Crippen molar-refractivity contribution < 1.29 is 9.59 Å². The molecule has 4 heteroatoms. The van der Waals surface area contributed by atoms with Crippen LogP contribution in [0.2, 0.25) is 0 Å². The van der Waals surface area contributed by atoms with Crippen LogP contribution in [0.15, 0.2) is 0 Å². The summed E-state index contributed by atoms with van der Waals surface area (Å²) in [6.45, 7) is 0.829. The third kappa shape index (κ3) is 2.27. The number of nitrogens with zero attached hydrogens (tertiary/aromatic N) is 1. The van der Waals surface area contributed by atoms with Crippen LogP contribution in [0.1, 0.15) is 64.2 Å². The molecule has 4 aliphatic rings. The van der Waals surface area contributed by atoms with E-state index in [1.165, 1.54) is 25.7 Å². The second kappa shape index (κ2) is 4.99. The SMILES string of the molecule is O=C1NC2(CCCCC2)C(=O)N(CC2CCC2)C1C1CC1. The van der Waals surface area contributed by atoms with Gasteiger partial charge < -0.3 is 10.2 Å². The first-order chi connectivity index (χ1) is 10.2. The van der Waals surface area contributed by atoms with E-state index >= 15 is 0 Å². The summed E-state index contributed by atoms with van der Waals surface area (Å²) in [5, 5.41) is 3.16. The van der Waals surface area contributed by atoms with E-state index in [0.29, 0.717) is 11.8 Å². The van der Waals surface area contributed by atoms with Crippen LogP contribution in [-0.4, -0.2) is 34.8 Å². The van der Waals surface area contributed by atoms with Gasteiger partial charge in [-0.3, -0.25) is 9.59 Å². The molecular weight excluding hydrogens is 264 g/mol. The number of amides is 2. The monoisotopic (exact) mass is 290 g/mol. The Morgan fingerprint density at radius 3 is 2.29 bits per heavy atom. The van der Waals surface area contributed by atoms with Crippen LogP contribution < -0.4 is 5.32 Å². The highest BCUT2D eigenvalue weighted by Crippen LogP contribution is 2.42. The molecule has 0 aromatic heterocycles. The minimum Gasteiger partial charge on any atom is -0.340 e. The third-order valence-electron chi connectivity index (χ3n) is 6.09. The Morgan fingerprint density at radius 2 is 1.71 bits per heavy atom. The van der Waals surface area contributed by atoms with Gasteiger partial charge in [0, 0.05) is 6.54 Å². The zero-order chi connectivity index (χ0) is 14.4. The fraction of sp³-hybridized carbons (Fsp3) is 0.882. The van der Waals surface area contributed by atoms with Crippen molar-refractivity contribution in [2.45, 2.75) is 75.8 Å². The highest BCUT2D eigenvalue weighted by atomic mass is 16.2. The van der Waals surface area contributed by atoms with Crippen LogP contribution in [-0.2, 0) is 9.59 Å². The van der Waals surface area contributed by atoms with Crippen molar-refractivity contribution in [2.24, 2.45) is 11.8 Å². The second-order valence-corrected chi connectivity index (χ2v) is 7.67. The topological polar surface area (TPSA) is 49.4 Å². The summed E-state index contributed by atoms with van der Waals surface area (Å²) in [4.78, 5) is 27.9. The van der Waals surface area contributed by atoms with Crippen molar-refractivity contribution in [2.75, 3.05) is 6.54 Å². The molecule has 4 fully saturated rings. The van der Waals surface area contributed by atoms with E-state index in [-0.39, 0.29) is 17.9 Å². The summed E-state index contributed by atoms with van der Waals surface area (Å²) >= 11 is 0. The second-order valence-electron chi connectivity index (χ2n) is 7.67. The lowest BCUT2D eigenvalue weighted by Gasteiger charge is -2.49. The summed E-state index contributed by atoms with van der Waals surface area (Å²) in [7, 11) is 0. The van der Waals surface area contributed by atoms with Crippen molar-refractivity contribution in [1.29, 1.82) is 0 Å². The Kier molecular flexibility index (Phi) is 3.23. The minimum absolute atomic E-state index is 0.137. The summed E-state index contributed by atoms with van der Waals surface area (Å²) < 4.78 is 0.